The lowest BCUT2D eigenvalue weighted by atomic mass is 10.0. The van der Waals surface area contributed by atoms with Crippen LogP contribution in [0.4, 0.5) is 11.4 Å². The van der Waals surface area contributed by atoms with E-state index in [-0.39, 0.29) is 23.5 Å². The lowest BCUT2D eigenvalue weighted by molar-refractivity contribution is 0.0187. The van der Waals surface area contributed by atoms with E-state index in [2.05, 4.69) is 16.0 Å². The maximum atomic E-state index is 13.7. The fourth-order valence-electron chi connectivity index (χ4n) is 6.04. The summed E-state index contributed by atoms with van der Waals surface area (Å²) in [6, 6.07) is 32.1. The molecular formula is C41H40N4O6. The third kappa shape index (κ3) is 9.04. The molecule has 1 unspecified atom stereocenters. The van der Waals surface area contributed by atoms with Crippen LogP contribution in [0, 0.1) is 0 Å². The maximum Gasteiger partial charge on any atom is 0.335 e. The van der Waals surface area contributed by atoms with Crippen molar-refractivity contribution in [1.29, 1.82) is 0 Å². The van der Waals surface area contributed by atoms with E-state index in [1.54, 1.807) is 60.5 Å². The molecule has 1 aliphatic rings. The van der Waals surface area contributed by atoms with E-state index >= 15 is 0 Å². The van der Waals surface area contributed by atoms with Gasteiger partial charge in [0.15, 0.2) is 0 Å². The number of carbonyl (C=O) groups excluding carboxylic acids is 3. The predicted molar refractivity (Wildman–Crippen MR) is 198 cm³/mol. The number of aryl methyl sites for hydroxylation is 2. The molecule has 0 bridgehead atoms. The summed E-state index contributed by atoms with van der Waals surface area (Å²) in [4.78, 5) is 53.3. The number of aromatic carboxylic acids is 1. The van der Waals surface area contributed by atoms with Gasteiger partial charge in [-0.1, -0.05) is 54.6 Å². The Morgan fingerprint density at radius 3 is 2.10 bits per heavy atom. The first-order chi connectivity index (χ1) is 24.7. The van der Waals surface area contributed by atoms with Crippen LogP contribution in [-0.2, 0) is 17.6 Å². The van der Waals surface area contributed by atoms with Gasteiger partial charge in [0.25, 0.3) is 17.7 Å². The second kappa shape index (κ2) is 16.2. The standard InChI is InChI=1S/C41H40N4O6/c1-45(21-19-35-26-42-20-22-51-35)40(48)33-8-4-7-32(23-33)38(46)44-37-25-31-6-3-2-5-30(31)24-36(37)39(47)43-34-17-13-28(14-18-34)10-9-27-11-15-29(16-12-27)41(49)50/h2-8,11-18,23-25,35,42H,9-10,19-22,26H2,1H3,(H,43,47)(H,44,46)(H,49,50). The van der Waals surface area contributed by atoms with Gasteiger partial charge in [0.2, 0.25) is 0 Å². The largest absolute Gasteiger partial charge is 0.478 e. The summed E-state index contributed by atoms with van der Waals surface area (Å²) in [5.41, 5.74) is 4.28. The van der Waals surface area contributed by atoms with Crippen LogP contribution in [0.3, 0.4) is 0 Å². The molecule has 0 aromatic heterocycles. The Labute approximate surface area is 296 Å². The van der Waals surface area contributed by atoms with Crippen LogP contribution < -0.4 is 16.0 Å². The number of anilines is 2. The fraction of sp³-hybridized carbons (Fsp3) is 0.220. The molecule has 260 valence electrons. The van der Waals surface area contributed by atoms with E-state index < -0.39 is 11.9 Å². The van der Waals surface area contributed by atoms with E-state index in [4.69, 9.17) is 9.84 Å². The van der Waals surface area contributed by atoms with Crippen molar-refractivity contribution in [3.8, 4) is 0 Å². The SMILES string of the molecule is CN(CCC1CNCCO1)C(=O)c1cccc(C(=O)Nc2cc3ccccc3cc2C(=O)Nc2ccc(CCc3ccc(C(=O)O)cc3)cc2)c1. The van der Waals surface area contributed by atoms with Gasteiger partial charge in [0.05, 0.1) is 29.5 Å². The molecular weight excluding hydrogens is 644 g/mol. The summed E-state index contributed by atoms with van der Waals surface area (Å²) in [6.45, 7) is 2.76. The highest BCUT2D eigenvalue weighted by molar-refractivity contribution is 6.15. The molecule has 1 fully saturated rings. The van der Waals surface area contributed by atoms with E-state index in [1.165, 1.54) is 0 Å². The average Bonchev–Trinajstić information content (AvgIpc) is 3.16. The molecule has 6 rings (SSSR count). The third-order valence-corrected chi connectivity index (χ3v) is 9.00. The number of nitrogens with one attached hydrogen (secondary N) is 3. The minimum Gasteiger partial charge on any atom is -0.478 e. The van der Waals surface area contributed by atoms with Crippen LogP contribution >= 0.6 is 0 Å². The number of hydrogen-bond donors (Lipinski definition) is 4. The van der Waals surface area contributed by atoms with Crippen molar-refractivity contribution in [2.24, 2.45) is 0 Å². The van der Waals surface area contributed by atoms with Gasteiger partial charge in [-0.2, -0.15) is 0 Å². The summed E-state index contributed by atoms with van der Waals surface area (Å²) >= 11 is 0. The molecule has 1 atom stereocenters. The van der Waals surface area contributed by atoms with E-state index in [0.29, 0.717) is 47.6 Å². The molecule has 5 aromatic carbocycles. The summed E-state index contributed by atoms with van der Waals surface area (Å²) < 4.78 is 5.75. The molecule has 1 heterocycles. The van der Waals surface area contributed by atoms with Crippen LogP contribution in [-0.4, -0.2) is 73.1 Å². The average molecular weight is 685 g/mol. The van der Waals surface area contributed by atoms with Gasteiger partial charge in [-0.3, -0.25) is 14.4 Å². The molecule has 51 heavy (non-hydrogen) atoms. The number of hydrogen-bond acceptors (Lipinski definition) is 6. The van der Waals surface area contributed by atoms with Crippen LogP contribution in [0.1, 0.15) is 59.0 Å². The van der Waals surface area contributed by atoms with Crippen molar-refractivity contribution in [1.82, 2.24) is 10.2 Å². The van der Waals surface area contributed by atoms with Crippen LogP contribution in [0.5, 0.6) is 0 Å². The number of nitrogens with zero attached hydrogens (tertiary/aromatic N) is 1. The van der Waals surface area contributed by atoms with Gasteiger partial charge in [-0.25, -0.2) is 4.79 Å². The van der Waals surface area contributed by atoms with Gasteiger partial charge in [-0.05, 0) is 95.8 Å². The summed E-state index contributed by atoms with van der Waals surface area (Å²) in [7, 11) is 1.74. The number of morpholine rings is 1. The number of carbonyl (C=O) groups is 4. The Kier molecular flexibility index (Phi) is 11.1. The number of benzene rings is 5. The number of carboxylic acid groups (broad SMARTS) is 1. The molecule has 5 aromatic rings. The summed E-state index contributed by atoms with van der Waals surface area (Å²) in [5, 5.41) is 20.0. The first-order valence-corrected chi connectivity index (χ1v) is 17.0. The number of ether oxygens (including phenoxy) is 1. The Bertz CT molecular complexity index is 2040. The Balaban J connectivity index is 1.13. The van der Waals surface area contributed by atoms with Crippen molar-refractivity contribution in [2.75, 3.05) is 43.9 Å². The van der Waals surface area contributed by atoms with Crippen molar-refractivity contribution in [2.45, 2.75) is 25.4 Å². The summed E-state index contributed by atoms with van der Waals surface area (Å²) in [6.07, 6.45) is 2.26. The quantitative estimate of drug-likeness (QED) is 0.121. The highest BCUT2D eigenvalue weighted by Gasteiger charge is 2.20. The fourth-order valence-corrected chi connectivity index (χ4v) is 6.04. The minimum absolute atomic E-state index is 0.0577. The highest BCUT2D eigenvalue weighted by atomic mass is 16.5. The van der Waals surface area contributed by atoms with Crippen LogP contribution in [0.25, 0.3) is 10.8 Å². The normalized spacial score (nSPS) is 14.1. The van der Waals surface area contributed by atoms with E-state index in [0.717, 1.165) is 47.8 Å². The van der Waals surface area contributed by atoms with Gasteiger partial charge < -0.3 is 30.7 Å². The zero-order valence-corrected chi connectivity index (χ0v) is 28.4. The van der Waals surface area contributed by atoms with Crippen molar-refractivity contribution in [3.05, 3.63) is 143 Å². The lowest BCUT2D eigenvalue weighted by Crippen LogP contribution is -2.40. The van der Waals surface area contributed by atoms with Gasteiger partial charge >= 0.3 is 5.97 Å². The Morgan fingerprint density at radius 1 is 0.765 bits per heavy atom. The molecule has 10 nitrogen and oxygen atoms in total. The molecule has 1 saturated heterocycles. The third-order valence-electron chi connectivity index (χ3n) is 9.00. The number of amides is 3. The number of fused-ring (bicyclic) bond motifs is 1. The molecule has 3 amide bonds. The summed E-state index contributed by atoms with van der Waals surface area (Å²) in [5.74, 6) is -1.97. The van der Waals surface area contributed by atoms with Crippen molar-refractivity contribution >= 4 is 45.8 Å². The van der Waals surface area contributed by atoms with Gasteiger partial charge in [0.1, 0.15) is 0 Å². The number of carboxylic acids is 1. The Morgan fingerprint density at radius 2 is 1.43 bits per heavy atom. The second-order valence-corrected chi connectivity index (χ2v) is 12.6. The Hall–Kier alpha value is -5.84. The van der Waals surface area contributed by atoms with E-state index in [1.807, 2.05) is 60.7 Å². The highest BCUT2D eigenvalue weighted by Crippen LogP contribution is 2.26. The topological polar surface area (TPSA) is 137 Å². The zero-order chi connectivity index (χ0) is 35.7. The second-order valence-electron chi connectivity index (χ2n) is 12.6. The molecule has 1 aliphatic heterocycles. The lowest BCUT2D eigenvalue weighted by Gasteiger charge is -2.26. The van der Waals surface area contributed by atoms with Crippen molar-refractivity contribution in [3.63, 3.8) is 0 Å². The number of rotatable bonds is 12. The van der Waals surface area contributed by atoms with Crippen LogP contribution in [0.15, 0.2) is 109 Å². The molecule has 0 radical (unpaired) electrons. The molecule has 4 N–H and O–H groups in total. The van der Waals surface area contributed by atoms with Gasteiger partial charge in [-0.15, -0.1) is 0 Å². The minimum atomic E-state index is -0.950. The molecule has 0 aliphatic carbocycles. The molecule has 0 saturated carbocycles. The van der Waals surface area contributed by atoms with Crippen molar-refractivity contribution < 1.29 is 29.0 Å². The van der Waals surface area contributed by atoms with E-state index in [9.17, 15) is 19.2 Å². The zero-order valence-electron chi connectivity index (χ0n) is 28.4. The molecule has 0 spiro atoms. The van der Waals surface area contributed by atoms with Gasteiger partial charge in [0, 0.05) is 43.5 Å². The maximum absolute atomic E-state index is 13.7. The first-order valence-electron chi connectivity index (χ1n) is 17.0. The predicted octanol–water partition coefficient (Wildman–Crippen LogP) is 6.28. The smallest absolute Gasteiger partial charge is 0.335 e. The first kappa shape index (κ1) is 35.0. The monoisotopic (exact) mass is 684 g/mol. The molecule has 10 heteroatoms. The van der Waals surface area contributed by atoms with Crippen LogP contribution in [0.2, 0.25) is 0 Å².